The summed E-state index contributed by atoms with van der Waals surface area (Å²) in [6, 6.07) is 0.368. The van der Waals surface area contributed by atoms with Crippen molar-refractivity contribution in [2.45, 2.75) is 50.2 Å². The molecule has 20 heavy (non-hydrogen) atoms. The SMILES string of the molecule is FC(F)(F)C1CCN(C2CCC(c3nn[nH]n3)C2)CC1. The predicted molar refractivity (Wildman–Crippen MR) is 64.9 cm³/mol. The third kappa shape index (κ3) is 2.79. The molecule has 1 aliphatic carbocycles. The Kier molecular flexibility index (Phi) is 3.66. The first-order valence-electron chi connectivity index (χ1n) is 7.08. The molecular formula is C12H18F3N5. The molecule has 0 aromatic carbocycles. The molecule has 1 aromatic rings. The van der Waals surface area contributed by atoms with Crippen LogP contribution < -0.4 is 0 Å². The van der Waals surface area contributed by atoms with Gasteiger partial charge >= 0.3 is 6.18 Å². The molecule has 1 aromatic heterocycles. The first-order valence-corrected chi connectivity index (χ1v) is 7.08. The molecule has 2 heterocycles. The van der Waals surface area contributed by atoms with Crippen LogP contribution in [0.25, 0.3) is 0 Å². The van der Waals surface area contributed by atoms with Crippen molar-refractivity contribution < 1.29 is 13.2 Å². The lowest BCUT2D eigenvalue weighted by molar-refractivity contribution is -0.186. The van der Waals surface area contributed by atoms with Crippen LogP contribution in [0.3, 0.4) is 0 Å². The number of piperidine rings is 1. The van der Waals surface area contributed by atoms with Crippen LogP contribution in [0.5, 0.6) is 0 Å². The van der Waals surface area contributed by atoms with Crippen LogP contribution in [-0.2, 0) is 0 Å². The number of hydrogen-bond acceptors (Lipinski definition) is 4. The molecule has 1 saturated carbocycles. The van der Waals surface area contributed by atoms with Crippen molar-refractivity contribution >= 4 is 0 Å². The highest BCUT2D eigenvalue weighted by atomic mass is 19.4. The van der Waals surface area contributed by atoms with Crippen molar-refractivity contribution in [1.82, 2.24) is 25.5 Å². The summed E-state index contributed by atoms with van der Waals surface area (Å²) >= 11 is 0. The molecule has 1 saturated heterocycles. The fraction of sp³-hybridized carbons (Fsp3) is 0.917. The monoisotopic (exact) mass is 289 g/mol. The zero-order valence-electron chi connectivity index (χ0n) is 11.1. The van der Waals surface area contributed by atoms with E-state index >= 15 is 0 Å². The molecule has 0 bridgehead atoms. The van der Waals surface area contributed by atoms with Gasteiger partial charge in [0, 0.05) is 12.0 Å². The fourth-order valence-electron chi connectivity index (χ4n) is 3.46. The Bertz CT molecular complexity index is 425. The van der Waals surface area contributed by atoms with E-state index in [2.05, 4.69) is 25.5 Å². The zero-order valence-corrected chi connectivity index (χ0v) is 11.1. The number of aromatic nitrogens is 4. The van der Waals surface area contributed by atoms with E-state index in [1.165, 1.54) is 0 Å². The van der Waals surface area contributed by atoms with Gasteiger partial charge in [-0.15, -0.1) is 10.2 Å². The van der Waals surface area contributed by atoms with Gasteiger partial charge < -0.3 is 4.90 Å². The summed E-state index contributed by atoms with van der Waals surface area (Å²) in [4.78, 5) is 2.21. The number of likely N-dealkylation sites (tertiary alicyclic amines) is 1. The number of tetrazole rings is 1. The largest absolute Gasteiger partial charge is 0.391 e. The maximum Gasteiger partial charge on any atom is 0.391 e. The Morgan fingerprint density at radius 2 is 1.85 bits per heavy atom. The van der Waals surface area contributed by atoms with Gasteiger partial charge in [-0.05, 0) is 45.2 Å². The molecule has 0 spiro atoms. The molecule has 5 nitrogen and oxygen atoms in total. The van der Waals surface area contributed by atoms with E-state index in [0.717, 1.165) is 25.1 Å². The lowest BCUT2D eigenvalue weighted by Gasteiger charge is -2.36. The van der Waals surface area contributed by atoms with Crippen molar-refractivity contribution in [3.63, 3.8) is 0 Å². The van der Waals surface area contributed by atoms with E-state index in [0.29, 0.717) is 25.0 Å². The topological polar surface area (TPSA) is 57.7 Å². The van der Waals surface area contributed by atoms with E-state index in [4.69, 9.17) is 0 Å². The fourth-order valence-corrected chi connectivity index (χ4v) is 3.46. The molecule has 1 N–H and O–H groups in total. The highest BCUT2D eigenvalue weighted by Crippen LogP contribution is 2.39. The molecule has 2 unspecified atom stereocenters. The summed E-state index contributed by atoms with van der Waals surface area (Å²) in [5, 5.41) is 14.0. The number of hydrogen-bond donors (Lipinski definition) is 1. The number of rotatable bonds is 2. The molecule has 112 valence electrons. The van der Waals surface area contributed by atoms with Crippen LogP contribution in [0, 0.1) is 5.92 Å². The highest BCUT2D eigenvalue weighted by molar-refractivity contribution is 4.99. The van der Waals surface area contributed by atoms with Gasteiger partial charge in [-0.3, -0.25) is 0 Å². The van der Waals surface area contributed by atoms with Gasteiger partial charge in [0.05, 0.1) is 5.92 Å². The van der Waals surface area contributed by atoms with E-state index in [9.17, 15) is 13.2 Å². The average molecular weight is 289 g/mol. The molecule has 3 rings (SSSR count). The lowest BCUT2D eigenvalue weighted by atomic mass is 9.95. The lowest BCUT2D eigenvalue weighted by Crippen LogP contribution is -2.43. The molecule has 1 aliphatic heterocycles. The van der Waals surface area contributed by atoms with Gasteiger partial charge in [0.25, 0.3) is 0 Å². The van der Waals surface area contributed by atoms with Crippen LogP contribution in [0.4, 0.5) is 13.2 Å². The maximum atomic E-state index is 12.6. The van der Waals surface area contributed by atoms with E-state index in [-0.39, 0.29) is 12.8 Å². The maximum absolute atomic E-state index is 12.6. The number of halogens is 3. The summed E-state index contributed by atoms with van der Waals surface area (Å²) in [5.74, 6) is -0.0927. The van der Waals surface area contributed by atoms with Crippen LogP contribution in [0.1, 0.15) is 43.8 Å². The predicted octanol–water partition coefficient (Wildman–Crippen LogP) is 2.11. The molecule has 2 aliphatic rings. The molecular weight excluding hydrogens is 271 g/mol. The Balaban J connectivity index is 1.52. The second kappa shape index (κ2) is 5.31. The van der Waals surface area contributed by atoms with Gasteiger partial charge in [0.1, 0.15) is 0 Å². The second-order valence-electron chi connectivity index (χ2n) is 5.79. The number of nitrogens with one attached hydrogen (secondary N) is 1. The van der Waals surface area contributed by atoms with Gasteiger partial charge in [-0.25, -0.2) is 0 Å². The van der Waals surface area contributed by atoms with E-state index in [1.807, 2.05) is 0 Å². The number of alkyl halides is 3. The average Bonchev–Trinajstić information content (AvgIpc) is 3.09. The molecule has 0 radical (unpaired) electrons. The standard InChI is InChI=1S/C12H18F3N5/c13-12(14,15)9-3-5-20(6-4-9)10-2-1-8(7-10)11-16-18-19-17-11/h8-10H,1-7H2,(H,16,17,18,19). The zero-order chi connectivity index (χ0) is 14.2. The quantitative estimate of drug-likeness (QED) is 0.906. The summed E-state index contributed by atoms with van der Waals surface area (Å²) in [5.41, 5.74) is 0. The van der Waals surface area contributed by atoms with Crippen LogP contribution in [0.2, 0.25) is 0 Å². The molecule has 0 amide bonds. The van der Waals surface area contributed by atoms with E-state index < -0.39 is 12.1 Å². The summed E-state index contributed by atoms with van der Waals surface area (Å²) in [7, 11) is 0. The Morgan fingerprint density at radius 3 is 2.45 bits per heavy atom. The van der Waals surface area contributed by atoms with Crippen LogP contribution >= 0.6 is 0 Å². The minimum absolute atomic E-state index is 0.229. The van der Waals surface area contributed by atoms with Crippen molar-refractivity contribution in [2.24, 2.45) is 5.92 Å². The van der Waals surface area contributed by atoms with Crippen molar-refractivity contribution in [3.8, 4) is 0 Å². The Hall–Kier alpha value is -1.18. The van der Waals surface area contributed by atoms with E-state index in [1.54, 1.807) is 0 Å². The minimum atomic E-state index is -4.03. The number of aromatic amines is 1. The van der Waals surface area contributed by atoms with Crippen molar-refractivity contribution in [3.05, 3.63) is 5.82 Å². The molecule has 2 atom stereocenters. The van der Waals surface area contributed by atoms with Crippen molar-refractivity contribution in [2.75, 3.05) is 13.1 Å². The summed E-state index contributed by atoms with van der Waals surface area (Å²) in [6.45, 7) is 1.10. The summed E-state index contributed by atoms with van der Waals surface area (Å²) in [6.07, 6.45) is -0.649. The third-order valence-electron chi connectivity index (χ3n) is 4.64. The normalized spacial score (nSPS) is 29.9. The number of nitrogens with zero attached hydrogens (tertiary/aromatic N) is 4. The van der Waals surface area contributed by atoms with Gasteiger partial charge in [-0.2, -0.15) is 18.4 Å². The smallest absolute Gasteiger partial charge is 0.300 e. The Labute approximate surface area is 114 Å². The van der Waals surface area contributed by atoms with Crippen molar-refractivity contribution in [1.29, 1.82) is 0 Å². The van der Waals surface area contributed by atoms with Crippen LogP contribution in [-0.4, -0.2) is 50.8 Å². The van der Waals surface area contributed by atoms with Crippen LogP contribution in [0.15, 0.2) is 0 Å². The second-order valence-corrected chi connectivity index (χ2v) is 5.79. The summed E-state index contributed by atoms with van der Waals surface area (Å²) < 4.78 is 37.9. The first-order chi connectivity index (χ1) is 9.54. The Morgan fingerprint density at radius 1 is 1.10 bits per heavy atom. The number of H-pyrrole nitrogens is 1. The minimum Gasteiger partial charge on any atom is -0.300 e. The highest BCUT2D eigenvalue weighted by Gasteiger charge is 2.42. The van der Waals surface area contributed by atoms with Gasteiger partial charge in [0.2, 0.25) is 0 Å². The molecule has 8 heteroatoms. The van der Waals surface area contributed by atoms with Gasteiger partial charge in [-0.1, -0.05) is 5.21 Å². The first kappa shape index (κ1) is 13.8. The molecule has 2 fully saturated rings. The third-order valence-corrected chi connectivity index (χ3v) is 4.64. The van der Waals surface area contributed by atoms with Gasteiger partial charge in [0.15, 0.2) is 5.82 Å².